The number of benzene rings is 1. The van der Waals surface area contributed by atoms with Crippen LogP contribution in [0.3, 0.4) is 0 Å². The number of unbranched alkanes of at least 4 members (excludes halogenated alkanes) is 2. The van der Waals surface area contributed by atoms with Crippen LogP contribution in [0.4, 0.5) is 11.4 Å². The summed E-state index contributed by atoms with van der Waals surface area (Å²) in [7, 11) is 1.89. The van der Waals surface area contributed by atoms with Crippen molar-refractivity contribution < 1.29 is 10.0 Å². The Hall–Kier alpha value is -1.33. The molecule has 0 fully saturated rings. The average molecular weight is 273 g/mol. The van der Waals surface area contributed by atoms with Crippen LogP contribution < -0.4 is 4.90 Å². The molecule has 0 atom stereocenters. The highest BCUT2D eigenvalue weighted by molar-refractivity contribution is 6.33. The molecule has 6 heteroatoms. The average Bonchev–Trinajstić information content (AvgIpc) is 2.34. The van der Waals surface area contributed by atoms with Crippen LogP contribution in [-0.4, -0.2) is 30.2 Å². The first kappa shape index (κ1) is 14.7. The summed E-state index contributed by atoms with van der Waals surface area (Å²) in [6, 6.07) is 4.47. The first-order chi connectivity index (χ1) is 8.56. The number of non-ortho nitro benzene ring substituents is 1. The first-order valence-corrected chi connectivity index (χ1v) is 6.20. The van der Waals surface area contributed by atoms with Crippen LogP contribution >= 0.6 is 11.6 Å². The number of aliphatic hydroxyl groups excluding tert-OH is 1. The lowest BCUT2D eigenvalue weighted by Gasteiger charge is -2.20. The SMILES string of the molecule is CN(CCCCCO)c1ccc([N+](=O)[O-])cc1Cl. The minimum atomic E-state index is -0.461. The van der Waals surface area contributed by atoms with Crippen molar-refractivity contribution >= 4 is 23.0 Å². The highest BCUT2D eigenvalue weighted by atomic mass is 35.5. The number of rotatable bonds is 7. The van der Waals surface area contributed by atoms with Gasteiger partial charge in [-0.05, 0) is 25.3 Å². The molecular formula is C12H17ClN2O3. The van der Waals surface area contributed by atoms with Gasteiger partial charge < -0.3 is 10.0 Å². The molecule has 0 unspecified atom stereocenters. The third kappa shape index (κ3) is 4.16. The zero-order chi connectivity index (χ0) is 13.5. The number of nitrogens with zero attached hydrogens (tertiary/aromatic N) is 2. The van der Waals surface area contributed by atoms with Gasteiger partial charge in [-0.1, -0.05) is 11.6 Å². The lowest BCUT2D eigenvalue weighted by atomic mass is 10.2. The zero-order valence-electron chi connectivity index (χ0n) is 10.3. The minimum absolute atomic E-state index is 0.00238. The van der Waals surface area contributed by atoms with Crippen molar-refractivity contribution in [1.82, 2.24) is 0 Å². The molecule has 5 nitrogen and oxygen atoms in total. The van der Waals surface area contributed by atoms with Crippen molar-refractivity contribution in [3.63, 3.8) is 0 Å². The number of aliphatic hydroxyl groups is 1. The molecule has 1 rings (SSSR count). The molecule has 1 aromatic carbocycles. The van der Waals surface area contributed by atoms with Gasteiger partial charge in [0, 0.05) is 32.3 Å². The van der Waals surface area contributed by atoms with E-state index in [0.29, 0.717) is 5.02 Å². The van der Waals surface area contributed by atoms with E-state index in [1.165, 1.54) is 12.1 Å². The van der Waals surface area contributed by atoms with Crippen LogP contribution in [0.15, 0.2) is 18.2 Å². The van der Waals surface area contributed by atoms with Crippen molar-refractivity contribution in [2.24, 2.45) is 0 Å². The van der Waals surface area contributed by atoms with E-state index in [2.05, 4.69) is 0 Å². The lowest BCUT2D eigenvalue weighted by Crippen LogP contribution is -2.18. The van der Waals surface area contributed by atoms with Gasteiger partial charge >= 0.3 is 0 Å². The summed E-state index contributed by atoms with van der Waals surface area (Å²) in [5.74, 6) is 0. The molecule has 0 amide bonds. The van der Waals surface area contributed by atoms with E-state index in [1.54, 1.807) is 6.07 Å². The molecular weight excluding hydrogens is 256 g/mol. The van der Waals surface area contributed by atoms with Crippen LogP contribution in [0.5, 0.6) is 0 Å². The van der Waals surface area contributed by atoms with Gasteiger partial charge in [0.2, 0.25) is 0 Å². The highest BCUT2D eigenvalue weighted by Gasteiger charge is 2.11. The second kappa shape index (κ2) is 7.18. The number of hydrogen-bond acceptors (Lipinski definition) is 4. The van der Waals surface area contributed by atoms with Crippen molar-refractivity contribution in [3.05, 3.63) is 33.3 Å². The Balaban J connectivity index is 2.62. The summed E-state index contributed by atoms with van der Waals surface area (Å²) in [6.45, 7) is 1.01. The number of nitro benzene ring substituents is 1. The Morgan fingerprint density at radius 3 is 2.67 bits per heavy atom. The Morgan fingerprint density at radius 1 is 1.39 bits per heavy atom. The predicted molar refractivity (Wildman–Crippen MR) is 72.3 cm³/mol. The quantitative estimate of drug-likeness (QED) is 0.471. The maximum absolute atomic E-state index is 10.6. The molecule has 1 aromatic rings. The van der Waals surface area contributed by atoms with E-state index in [9.17, 15) is 10.1 Å². The molecule has 18 heavy (non-hydrogen) atoms. The van der Waals surface area contributed by atoms with Crippen molar-refractivity contribution in [3.8, 4) is 0 Å². The zero-order valence-corrected chi connectivity index (χ0v) is 11.1. The Kier molecular flexibility index (Phi) is 5.88. The fourth-order valence-electron chi connectivity index (χ4n) is 1.68. The number of anilines is 1. The van der Waals surface area contributed by atoms with E-state index in [0.717, 1.165) is 31.5 Å². The smallest absolute Gasteiger partial charge is 0.271 e. The van der Waals surface area contributed by atoms with Crippen LogP contribution in [0.1, 0.15) is 19.3 Å². The second-order valence-corrected chi connectivity index (χ2v) is 4.51. The third-order valence-corrected chi connectivity index (χ3v) is 3.01. The van der Waals surface area contributed by atoms with Crippen LogP contribution in [0.2, 0.25) is 5.02 Å². The van der Waals surface area contributed by atoms with E-state index < -0.39 is 4.92 Å². The number of hydrogen-bond donors (Lipinski definition) is 1. The molecule has 0 saturated carbocycles. The van der Waals surface area contributed by atoms with E-state index in [-0.39, 0.29) is 12.3 Å². The summed E-state index contributed by atoms with van der Waals surface area (Å²) in [5, 5.41) is 19.6. The van der Waals surface area contributed by atoms with E-state index in [1.807, 2.05) is 11.9 Å². The molecule has 0 spiro atoms. The highest BCUT2D eigenvalue weighted by Crippen LogP contribution is 2.29. The summed E-state index contributed by atoms with van der Waals surface area (Å²) in [4.78, 5) is 12.1. The summed E-state index contributed by atoms with van der Waals surface area (Å²) < 4.78 is 0. The van der Waals surface area contributed by atoms with Crippen LogP contribution in [0.25, 0.3) is 0 Å². The maximum atomic E-state index is 10.6. The summed E-state index contributed by atoms with van der Waals surface area (Å²) >= 11 is 6.02. The third-order valence-electron chi connectivity index (χ3n) is 2.70. The predicted octanol–water partition coefficient (Wildman–Crippen LogP) is 2.85. The molecule has 100 valence electrons. The maximum Gasteiger partial charge on any atom is 0.271 e. The normalized spacial score (nSPS) is 10.4. The van der Waals surface area contributed by atoms with Gasteiger partial charge in [0.1, 0.15) is 0 Å². The molecule has 0 saturated heterocycles. The molecule has 0 aliphatic rings. The molecule has 0 radical (unpaired) electrons. The van der Waals surface area contributed by atoms with Gasteiger partial charge in [0.15, 0.2) is 0 Å². The molecule has 0 aromatic heterocycles. The minimum Gasteiger partial charge on any atom is -0.396 e. The standard InChI is InChI=1S/C12H17ClN2O3/c1-14(7-3-2-4-8-16)12-6-5-10(15(17)18)9-11(12)13/h5-6,9,16H,2-4,7-8H2,1H3. The summed E-state index contributed by atoms with van der Waals surface area (Å²) in [5.41, 5.74) is 0.781. The number of nitro groups is 1. The number of halogens is 1. The molecule has 1 N–H and O–H groups in total. The Morgan fingerprint density at radius 2 is 2.11 bits per heavy atom. The largest absolute Gasteiger partial charge is 0.396 e. The van der Waals surface area contributed by atoms with Gasteiger partial charge in [-0.25, -0.2) is 0 Å². The molecule has 0 aliphatic carbocycles. The van der Waals surface area contributed by atoms with Crippen molar-refractivity contribution in [1.29, 1.82) is 0 Å². The van der Waals surface area contributed by atoms with Crippen LogP contribution in [-0.2, 0) is 0 Å². The monoisotopic (exact) mass is 272 g/mol. The fourth-order valence-corrected chi connectivity index (χ4v) is 2.00. The Bertz CT molecular complexity index is 412. The van der Waals surface area contributed by atoms with Gasteiger partial charge in [0.05, 0.1) is 15.6 Å². The van der Waals surface area contributed by atoms with Crippen molar-refractivity contribution in [2.45, 2.75) is 19.3 Å². The van der Waals surface area contributed by atoms with Gasteiger partial charge in [-0.2, -0.15) is 0 Å². The molecule has 0 aliphatic heterocycles. The Labute approximate surface area is 111 Å². The van der Waals surface area contributed by atoms with E-state index >= 15 is 0 Å². The topological polar surface area (TPSA) is 66.6 Å². The van der Waals surface area contributed by atoms with Gasteiger partial charge in [0.25, 0.3) is 5.69 Å². The second-order valence-electron chi connectivity index (χ2n) is 4.10. The van der Waals surface area contributed by atoms with E-state index in [4.69, 9.17) is 16.7 Å². The lowest BCUT2D eigenvalue weighted by molar-refractivity contribution is -0.384. The molecule has 0 bridgehead atoms. The van der Waals surface area contributed by atoms with Gasteiger partial charge in [-0.15, -0.1) is 0 Å². The summed E-state index contributed by atoms with van der Waals surface area (Å²) in [6.07, 6.45) is 2.69. The molecule has 0 heterocycles. The van der Waals surface area contributed by atoms with Crippen molar-refractivity contribution in [2.75, 3.05) is 25.1 Å². The fraction of sp³-hybridized carbons (Fsp3) is 0.500. The first-order valence-electron chi connectivity index (χ1n) is 5.82. The van der Waals surface area contributed by atoms with Crippen LogP contribution in [0, 0.1) is 10.1 Å². The van der Waals surface area contributed by atoms with Gasteiger partial charge in [-0.3, -0.25) is 10.1 Å².